The van der Waals surface area contributed by atoms with Crippen molar-refractivity contribution in [3.05, 3.63) is 69.5 Å². The lowest BCUT2D eigenvalue weighted by atomic mass is 10.2. The molecular formula is C19H17N3O4S. The van der Waals surface area contributed by atoms with E-state index in [2.05, 4.69) is 10.3 Å². The number of anilines is 1. The summed E-state index contributed by atoms with van der Waals surface area (Å²) in [5, 5.41) is 23.9. The number of nitrogens with one attached hydrogen (secondary N) is 1. The van der Waals surface area contributed by atoms with Crippen LogP contribution in [-0.4, -0.2) is 32.3 Å². The number of carboxylic acid groups (broad SMARTS) is 1. The fourth-order valence-electron chi connectivity index (χ4n) is 2.49. The molecule has 0 fully saturated rings. The zero-order valence-corrected chi connectivity index (χ0v) is 15.2. The Bertz CT molecular complexity index is 1050. The summed E-state index contributed by atoms with van der Waals surface area (Å²) in [5.74, 6) is -2.14. The zero-order valence-electron chi connectivity index (χ0n) is 14.4. The molecule has 3 rings (SSSR count). The third-order valence-electron chi connectivity index (χ3n) is 3.86. The Balaban J connectivity index is 1.86. The molecule has 0 unspecified atom stereocenters. The number of benzene rings is 1. The minimum Gasteiger partial charge on any atom is -0.501 e. The van der Waals surface area contributed by atoms with Gasteiger partial charge in [-0.1, -0.05) is 42.5 Å². The highest BCUT2D eigenvalue weighted by Crippen LogP contribution is 2.32. The predicted octanol–water partition coefficient (Wildman–Crippen LogP) is 3.04. The smallest absolute Gasteiger partial charge is 0.358 e. The van der Waals surface area contributed by atoms with Crippen LogP contribution in [0.25, 0.3) is 16.8 Å². The van der Waals surface area contributed by atoms with E-state index >= 15 is 0 Å². The first-order chi connectivity index (χ1) is 13.0. The second-order valence-corrected chi connectivity index (χ2v) is 6.58. The topological polar surface area (TPSA) is 104 Å². The van der Waals surface area contributed by atoms with E-state index in [-0.39, 0.29) is 5.82 Å². The van der Waals surface area contributed by atoms with Gasteiger partial charge in [0.1, 0.15) is 0 Å². The van der Waals surface area contributed by atoms with E-state index in [9.17, 15) is 14.7 Å². The van der Waals surface area contributed by atoms with Crippen molar-refractivity contribution in [3.63, 3.8) is 0 Å². The lowest BCUT2D eigenvalue weighted by molar-refractivity contribution is 0.0686. The molecule has 1 aromatic carbocycles. The summed E-state index contributed by atoms with van der Waals surface area (Å²) in [6.45, 7) is 0.538. The van der Waals surface area contributed by atoms with Crippen molar-refractivity contribution in [1.82, 2.24) is 9.55 Å². The summed E-state index contributed by atoms with van der Waals surface area (Å²) in [6, 6.07) is 11.7. The molecule has 0 amide bonds. The molecule has 3 N–H and O–H groups in total. The van der Waals surface area contributed by atoms with Gasteiger partial charge in [0.05, 0.1) is 10.6 Å². The first-order valence-corrected chi connectivity index (χ1v) is 8.93. The van der Waals surface area contributed by atoms with Crippen LogP contribution in [0, 0.1) is 0 Å². The van der Waals surface area contributed by atoms with Gasteiger partial charge in [0.2, 0.25) is 5.75 Å². The molecule has 0 bridgehead atoms. The number of thiophene rings is 1. The van der Waals surface area contributed by atoms with Gasteiger partial charge in [-0.15, -0.1) is 11.3 Å². The standard InChI is InChI=1S/C19H17N3O4S/c1-22-17(21-14(19(25)26)15(23)18(22)24)16-13(9-11-27-16)20-10-5-8-12-6-3-2-4-7-12/h2-9,11,20,23H,10H2,1H3,(H,25,26). The molecular weight excluding hydrogens is 366 g/mol. The van der Waals surface area contributed by atoms with Gasteiger partial charge in [0.25, 0.3) is 5.56 Å². The first kappa shape index (κ1) is 18.4. The molecule has 0 radical (unpaired) electrons. The molecule has 0 aliphatic carbocycles. The van der Waals surface area contributed by atoms with Crippen molar-refractivity contribution in [2.75, 3.05) is 11.9 Å². The lowest BCUT2D eigenvalue weighted by Gasteiger charge is -2.10. The Hall–Kier alpha value is -3.39. The Kier molecular flexibility index (Phi) is 5.37. The Morgan fingerprint density at radius 3 is 2.74 bits per heavy atom. The van der Waals surface area contributed by atoms with Crippen molar-refractivity contribution in [2.24, 2.45) is 7.05 Å². The highest BCUT2D eigenvalue weighted by Gasteiger charge is 2.21. The average molecular weight is 383 g/mol. The average Bonchev–Trinajstić information content (AvgIpc) is 3.12. The van der Waals surface area contributed by atoms with Gasteiger partial charge in [-0.25, -0.2) is 9.78 Å². The minimum absolute atomic E-state index is 0.180. The molecule has 7 nitrogen and oxygen atoms in total. The van der Waals surface area contributed by atoms with Gasteiger partial charge in [-0.05, 0) is 17.0 Å². The van der Waals surface area contributed by atoms with E-state index in [0.717, 1.165) is 15.8 Å². The number of carboxylic acids is 1. The van der Waals surface area contributed by atoms with Gasteiger partial charge >= 0.3 is 5.97 Å². The van der Waals surface area contributed by atoms with Crippen molar-refractivity contribution < 1.29 is 15.0 Å². The molecule has 8 heteroatoms. The van der Waals surface area contributed by atoms with Crippen LogP contribution in [0.15, 0.2) is 52.6 Å². The first-order valence-electron chi connectivity index (χ1n) is 8.05. The summed E-state index contributed by atoms with van der Waals surface area (Å²) in [6.07, 6.45) is 3.94. The number of aromatic hydroxyl groups is 1. The molecule has 0 aliphatic heterocycles. The molecule has 0 spiro atoms. The minimum atomic E-state index is -1.46. The summed E-state index contributed by atoms with van der Waals surface area (Å²) in [7, 11) is 1.44. The van der Waals surface area contributed by atoms with Gasteiger partial charge in [0, 0.05) is 13.6 Å². The number of hydrogen-bond acceptors (Lipinski definition) is 6. The van der Waals surface area contributed by atoms with Crippen molar-refractivity contribution in [1.29, 1.82) is 0 Å². The maximum Gasteiger partial charge on any atom is 0.358 e. The third-order valence-corrected chi connectivity index (χ3v) is 4.77. The molecule has 0 saturated carbocycles. The zero-order chi connectivity index (χ0) is 19.4. The quantitative estimate of drug-likeness (QED) is 0.604. The molecule has 0 atom stereocenters. The van der Waals surface area contributed by atoms with Crippen molar-refractivity contribution in [3.8, 4) is 16.5 Å². The van der Waals surface area contributed by atoms with Gasteiger partial charge in [0.15, 0.2) is 11.5 Å². The second kappa shape index (κ2) is 7.88. The van der Waals surface area contributed by atoms with E-state index in [1.54, 1.807) is 0 Å². The molecule has 3 aromatic rings. The Morgan fingerprint density at radius 1 is 1.30 bits per heavy atom. The fourth-order valence-corrected chi connectivity index (χ4v) is 3.39. The normalized spacial score (nSPS) is 11.0. The van der Waals surface area contributed by atoms with Crippen LogP contribution in [0.5, 0.6) is 5.75 Å². The van der Waals surface area contributed by atoms with E-state index in [1.807, 2.05) is 53.9 Å². The highest BCUT2D eigenvalue weighted by atomic mass is 32.1. The Morgan fingerprint density at radius 2 is 2.04 bits per heavy atom. The van der Waals surface area contributed by atoms with Crippen LogP contribution in [0.2, 0.25) is 0 Å². The van der Waals surface area contributed by atoms with Crippen molar-refractivity contribution in [2.45, 2.75) is 0 Å². The van der Waals surface area contributed by atoms with Gasteiger partial charge in [-0.3, -0.25) is 9.36 Å². The predicted molar refractivity (Wildman–Crippen MR) is 105 cm³/mol. The SMILES string of the molecule is Cn1c(-c2sccc2NCC=Cc2ccccc2)nc(C(=O)O)c(O)c1=O. The van der Waals surface area contributed by atoms with Crippen LogP contribution >= 0.6 is 11.3 Å². The van der Waals surface area contributed by atoms with Crippen LogP contribution in [0.3, 0.4) is 0 Å². The van der Waals surface area contributed by atoms with Gasteiger partial charge in [-0.2, -0.15) is 0 Å². The number of aromatic carboxylic acids is 1. The van der Waals surface area contributed by atoms with Crippen LogP contribution in [0.4, 0.5) is 5.69 Å². The maximum atomic E-state index is 12.1. The number of rotatable bonds is 6. The number of hydrogen-bond donors (Lipinski definition) is 3. The largest absolute Gasteiger partial charge is 0.501 e. The summed E-state index contributed by atoms with van der Waals surface area (Å²) in [4.78, 5) is 28.0. The summed E-state index contributed by atoms with van der Waals surface area (Å²) >= 11 is 1.32. The molecule has 27 heavy (non-hydrogen) atoms. The third kappa shape index (κ3) is 3.90. The number of nitrogens with zero attached hydrogens (tertiary/aromatic N) is 2. The second-order valence-electron chi connectivity index (χ2n) is 5.66. The molecule has 2 aromatic heterocycles. The summed E-state index contributed by atoms with van der Waals surface area (Å²) in [5.41, 5.74) is 0.345. The van der Waals surface area contributed by atoms with Crippen LogP contribution < -0.4 is 10.9 Å². The van der Waals surface area contributed by atoms with Crippen LogP contribution in [-0.2, 0) is 7.05 Å². The van der Waals surface area contributed by atoms with E-state index in [0.29, 0.717) is 11.4 Å². The molecule has 0 aliphatic rings. The maximum absolute atomic E-state index is 12.1. The van der Waals surface area contributed by atoms with Crippen molar-refractivity contribution >= 4 is 29.1 Å². The number of aromatic nitrogens is 2. The highest BCUT2D eigenvalue weighted by molar-refractivity contribution is 7.14. The molecule has 2 heterocycles. The Labute approximate surface area is 158 Å². The molecule has 138 valence electrons. The van der Waals surface area contributed by atoms with Gasteiger partial charge < -0.3 is 15.5 Å². The van der Waals surface area contributed by atoms with E-state index in [4.69, 9.17) is 5.11 Å². The lowest BCUT2D eigenvalue weighted by Crippen LogP contribution is -2.23. The summed E-state index contributed by atoms with van der Waals surface area (Å²) < 4.78 is 1.14. The van der Waals surface area contributed by atoms with E-state index < -0.39 is 23.0 Å². The van der Waals surface area contributed by atoms with Crippen LogP contribution in [0.1, 0.15) is 16.1 Å². The fraction of sp³-hybridized carbons (Fsp3) is 0.105. The number of carbonyl (C=O) groups is 1. The van der Waals surface area contributed by atoms with E-state index in [1.165, 1.54) is 18.4 Å². The molecule has 0 saturated heterocycles. The monoisotopic (exact) mass is 383 g/mol.